The summed E-state index contributed by atoms with van der Waals surface area (Å²) in [6.07, 6.45) is 11.4. The van der Waals surface area contributed by atoms with Crippen LogP contribution in [0, 0.1) is 23.7 Å². The Morgan fingerprint density at radius 2 is 1.80 bits per heavy atom. The molecule has 0 spiro atoms. The summed E-state index contributed by atoms with van der Waals surface area (Å²) in [5.41, 5.74) is 0.137. The zero-order chi connectivity index (χ0) is 24.2. The Kier molecular flexibility index (Phi) is 6.24. The zero-order valence-corrected chi connectivity index (χ0v) is 21.1. The van der Waals surface area contributed by atoms with E-state index in [0.29, 0.717) is 48.1 Å². The second-order valence-electron chi connectivity index (χ2n) is 11.9. The molecule has 0 radical (unpaired) electrons. The molecule has 3 N–H and O–H groups in total. The van der Waals surface area contributed by atoms with E-state index in [1.165, 1.54) is 19.3 Å². The largest absolute Gasteiger partial charge is 0.481 e. The quantitative estimate of drug-likeness (QED) is 0.542. The van der Waals surface area contributed by atoms with E-state index >= 15 is 0 Å². The lowest BCUT2D eigenvalue weighted by atomic mass is 9.52. The van der Waals surface area contributed by atoms with Gasteiger partial charge in [0.15, 0.2) is 0 Å². The van der Waals surface area contributed by atoms with Crippen LogP contribution in [0.4, 0.5) is 5.82 Å². The molecule has 1 aliphatic heterocycles. The van der Waals surface area contributed by atoms with Crippen LogP contribution in [0.2, 0.25) is 0 Å². The number of carboxylic acid groups (broad SMARTS) is 1. The van der Waals surface area contributed by atoms with Gasteiger partial charge in [-0.05, 0) is 81.3 Å². The first kappa shape index (κ1) is 23.6. The first-order valence-electron chi connectivity index (χ1n) is 13.6. The molecule has 2 heterocycles. The van der Waals surface area contributed by atoms with Crippen molar-refractivity contribution in [1.82, 2.24) is 10.3 Å². The maximum Gasteiger partial charge on any atom is 0.308 e. The van der Waals surface area contributed by atoms with Crippen LogP contribution in [0.3, 0.4) is 0 Å². The van der Waals surface area contributed by atoms with Crippen LogP contribution in [-0.4, -0.2) is 57.1 Å². The van der Waals surface area contributed by atoms with Crippen molar-refractivity contribution in [3.05, 3.63) is 17.7 Å². The molecule has 0 aromatic carbocycles. The lowest BCUT2D eigenvalue weighted by Crippen LogP contribution is -2.61. The molecule has 6 aliphatic rings. The fraction of sp³-hybridized carbons (Fsp3) is 0.741. The molecule has 1 aromatic rings. The number of amides is 1. The van der Waals surface area contributed by atoms with E-state index in [4.69, 9.17) is 4.98 Å². The number of pyridine rings is 1. The van der Waals surface area contributed by atoms with Gasteiger partial charge in [-0.3, -0.25) is 9.59 Å². The maximum absolute atomic E-state index is 13.6. The lowest BCUT2D eigenvalue weighted by Gasteiger charge is -2.58. The number of hydrogen-bond donors (Lipinski definition) is 3. The standard InChI is InChI=1S/C27H37N3O4S/c31-24(29-23-18-10-16-11-19(23)14-27(34,12-16)13-18)21-6-7-22(30-9-8-17(15-30)26(32)33)28-25(21)35-20-4-2-1-3-5-20/h6-7,16-20,23,34H,1-5,8-15H2,(H,29,31)(H,32,33). The SMILES string of the molecule is O=C(NC1C2CC3CC1CC(O)(C3)C2)c1ccc(N2CCC(C(=O)O)C2)nc1SC1CCCCC1. The Morgan fingerprint density at radius 1 is 1.06 bits per heavy atom. The van der Waals surface area contributed by atoms with Gasteiger partial charge in [-0.25, -0.2) is 4.98 Å². The summed E-state index contributed by atoms with van der Waals surface area (Å²) >= 11 is 1.73. The average Bonchev–Trinajstić information content (AvgIpc) is 3.32. The molecule has 8 heteroatoms. The second kappa shape index (κ2) is 9.25. The molecule has 6 fully saturated rings. The minimum absolute atomic E-state index is 0.0448. The monoisotopic (exact) mass is 499 g/mol. The van der Waals surface area contributed by atoms with Gasteiger partial charge in [0.1, 0.15) is 10.8 Å². The van der Waals surface area contributed by atoms with Crippen molar-refractivity contribution in [3.8, 4) is 0 Å². The highest BCUT2D eigenvalue weighted by Gasteiger charge is 2.55. The van der Waals surface area contributed by atoms with Gasteiger partial charge in [0, 0.05) is 24.4 Å². The van der Waals surface area contributed by atoms with E-state index in [1.807, 2.05) is 17.0 Å². The van der Waals surface area contributed by atoms with Crippen LogP contribution in [0.1, 0.15) is 81.0 Å². The van der Waals surface area contributed by atoms with E-state index in [0.717, 1.165) is 55.8 Å². The van der Waals surface area contributed by atoms with Crippen LogP contribution in [0.15, 0.2) is 17.2 Å². The van der Waals surface area contributed by atoms with Gasteiger partial charge in [0.05, 0.1) is 17.1 Å². The minimum Gasteiger partial charge on any atom is -0.481 e. The molecule has 1 amide bonds. The van der Waals surface area contributed by atoms with Crippen molar-refractivity contribution >= 4 is 29.5 Å². The van der Waals surface area contributed by atoms with Crippen molar-refractivity contribution in [1.29, 1.82) is 0 Å². The van der Waals surface area contributed by atoms with E-state index in [1.54, 1.807) is 11.8 Å². The lowest BCUT2D eigenvalue weighted by molar-refractivity contribution is -0.141. The van der Waals surface area contributed by atoms with Crippen LogP contribution in [0.25, 0.3) is 0 Å². The Balaban J connectivity index is 1.23. The molecule has 3 atom stereocenters. The van der Waals surface area contributed by atoms with Crippen molar-refractivity contribution in [2.24, 2.45) is 23.7 Å². The van der Waals surface area contributed by atoms with Gasteiger partial charge < -0.3 is 20.4 Å². The molecule has 5 saturated carbocycles. The van der Waals surface area contributed by atoms with Crippen LogP contribution in [-0.2, 0) is 4.79 Å². The third kappa shape index (κ3) is 4.68. The van der Waals surface area contributed by atoms with E-state index in [-0.39, 0.29) is 17.9 Å². The third-order valence-corrected chi connectivity index (χ3v) is 10.7. The highest BCUT2D eigenvalue weighted by atomic mass is 32.2. The summed E-state index contributed by atoms with van der Waals surface area (Å²) in [4.78, 5) is 32.1. The van der Waals surface area contributed by atoms with E-state index in [2.05, 4.69) is 5.32 Å². The fourth-order valence-corrected chi connectivity index (χ4v) is 9.15. The number of anilines is 1. The number of carbonyl (C=O) groups is 2. The molecule has 7 rings (SSSR count). The molecular formula is C27H37N3O4S. The normalized spacial score (nSPS) is 36.5. The van der Waals surface area contributed by atoms with Crippen molar-refractivity contribution in [2.75, 3.05) is 18.0 Å². The van der Waals surface area contributed by atoms with Crippen LogP contribution >= 0.6 is 11.8 Å². The van der Waals surface area contributed by atoms with Gasteiger partial charge in [0.25, 0.3) is 5.91 Å². The summed E-state index contributed by atoms with van der Waals surface area (Å²) < 4.78 is 0. The number of nitrogens with zero attached hydrogens (tertiary/aromatic N) is 2. The molecule has 190 valence electrons. The predicted octanol–water partition coefficient (Wildman–Crippen LogP) is 4.09. The molecule has 1 saturated heterocycles. The third-order valence-electron chi connectivity index (χ3n) is 9.32. The number of aliphatic carboxylic acids is 1. The number of rotatable bonds is 6. The molecule has 4 bridgehead atoms. The number of thioether (sulfide) groups is 1. The van der Waals surface area contributed by atoms with Crippen LogP contribution < -0.4 is 10.2 Å². The highest BCUT2D eigenvalue weighted by Crippen LogP contribution is 2.55. The number of aliphatic hydroxyl groups is 1. The predicted molar refractivity (Wildman–Crippen MR) is 135 cm³/mol. The first-order chi connectivity index (χ1) is 16.9. The van der Waals surface area contributed by atoms with Crippen molar-refractivity contribution in [3.63, 3.8) is 0 Å². The van der Waals surface area contributed by atoms with Crippen LogP contribution in [0.5, 0.6) is 0 Å². The fourth-order valence-electron chi connectivity index (χ4n) is 7.83. The Labute approximate surface area is 211 Å². The molecular weight excluding hydrogens is 462 g/mol. The molecule has 3 unspecified atom stereocenters. The number of carboxylic acids is 1. The molecule has 35 heavy (non-hydrogen) atoms. The smallest absolute Gasteiger partial charge is 0.308 e. The van der Waals surface area contributed by atoms with Gasteiger partial charge in [0.2, 0.25) is 0 Å². The minimum atomic E-state index is -0.749. The second-order valence-corrected chi connectivity index (χ2v) is 13.2. The summed E-state index contributed by atoms with van der Waals surface area (Å²) in [7, 11) is 0. The summed E-state index contributed by atoms with van der Waals surface area (Å²) in [6, 6.07) is 3.94. The summed E-state index contributed by atoms with van der Waals surface area (Å²) in [5.74, 6) is 0.974. The maximum atomic E-state index is 13.6. The molecule has 1 aromatic heterocycles. The average molecular weight is 500 g/mol. The number of carbonyl (C=O) groups excluding carboxylic acids is 1. The topological polar surface area (TPSA) is 103 Å². The Morgan fingerprint density at radius 3 is 2.46 bits per heavy atom. The molecule has 5 aliphatic carbocycles. The number of aromatic nitrogens is 1. The Hall–Kier alpha value is -1.80. The van der Waals surface area contributed by atoms with E-state index < -0.39 is 11.6 Å². The Bertz CT molecular complexity index is 981. The van der Waals surface area contributed by atoms with Crippen molar-refractivity contribution in [2.45, 2.75) is 92.5 Å². The first-order valence-corrected chi connectivity index (χ1v) is 14.4. The highest BCUT2D eigenvalue weighted by molar-refractivity contribution is 7.99. The summed E-state index contributed by atoms with van der Waals surface area (Å²) in [5, 5.41) is 25.0. The number of hydrogen-bond acceptors (Lipinski definition) is 6. The zero-order valence-electron chi connectivity index (χ0n) is 20.3. The summed E-state index contributed by atoms with van der Waals surface area (Å²) in [6.45, 7) is 1.15. The van der Waals surface area contributed by atoms with E-state index in [9.17, 15) is 19.8 Å². The molecule has 7 nitrogen and oxygen atoms in total. The van der Waals surface area contributed by atoms with Gasteiger partial charge in [-0.1, -0.05) is 19.3 Å². The van der Waals surface area contributed by atoms with Gasteiger partial charge in [-0.2, -0.15) is 0 Å². The van der Waals surface area contributed by atoms with Gasteiger partial charge >= 0.3 is 5.97 Å². The van der Waals surface area contributed by atoms with Crippen molar-refractivity contribution < 1.29 is 19.8 Å². The number of nitrogens with one attached hydrogen (secondary N) is 1. The van der Waals surface area contributed by atoms with Gasteiger partial charge in [-0.15, -0.1) is 11.8 Å².